The van der Waals surface area contributed by atoms with Gasteiger partial charge in [-0.25, -0.2) is 0 Å². The standard InChI is InChI=1S/C32H37N3O6S/c1-31(2)24-9-12-32(31,28(36)18-24)20-42(38,39)41-35(30(37)27-17-23-7-3-4-8-26(23)40-27)29-22-10-14-34(15-11-22)25(29)16-21-6-5-13-33-19-21/h3-8,13,17,19,22,24-25,29H,9-12,14-16,18,20H2,1-2H3/t24?,25-,29+,32-/m0/s1. The molecule has 9 nitrogen and oxygen atoms in total. The molecule has 3 saturated heterocycles. The van der Waals surface area contributed by atoms with Gasteiger partial charge in [0.05, 0.1) is 17.2 Å². The van der Waals surface area contributed by atoms with Crippen molar-refractivity contribution >= 4 is 32.8 Å². The van der Waals surface area contributed by atoms with Crippen molar-refractivity contribution in [1.82, 2.24) is 14.9 Å². The van der Waals surface area contributed by atoms with E-state index in [-0.39, 0.29) is 29.4 Å². The number of furan rings is 1. The van der Waals surface area contributed by atoms with Crippen LogP contribution in [-0.4, -0.2) is 66.0 Å². The molecule has 4 atom stereocenters. The summed E-state index contributed by atoms with van der Waals surface area (Å²) in [5.41, 5.74) is 0.0910. The Labute approximate surface area is 246 Å². The molecule has 4 bridgehead atoms. The van der Waals surface area contributed by atoms with Crippen molar-refractivity contribution in [3.63, 3.8) is 0 Å². The number of hydroxylamine groups is 2. The van der Waals surface area contributed by atoms with Gasteiger partial charge in [0.2, 0.25) is 0 Å². The first-order valence-electron chi connectivity index (χ1n) is 15.0. The zero-order valence-electron chi connectivity index (χ0n) is 24.1. The van der Waals surface area contributed by atoms with Gasteiger partial charge in [0.1, 0.15) is 11.4 Å². The molecule has 2 aromatic heterocycles. The monoisotopic (exact) mass is 591 g/mol. The van der Waals surface area contributed by atoms with E-state index in [9.17, 15) is 18.0 Å². The number of fused-ring (bicyclic) bond motifs is 6. The topological polar surface area (TPSA) is 110 Å². The summed E-state index contributed by atoms with van der Waals surface area (Å²) >= 11 is 0. The van der Waals surface area contributed by atoms with Gasteiger partial charge in [-0.1, -0.05) is 38.1 Å². The third-order valence-electron chi connectivity index (χ3n) is 11.0. The van der Waals surface area contributed by atoms with E-state index in [4.69, 9.17) is 8.70 Å². The number of benzene rings is 1. The van der Waals surface area contributed by atoms with Gasteiger partial charge < -0.3 is 4.42 Å². The van der Waals surface area contributed by atoms with Crippen LogP contribution in [0.3, 0.4) is 0 Å². The molecule has 8 rings (SSSR count). The number of aromatic nitrogens is 1. The molecular weight excluding hydrogens is 554 g/mol. The fourth-order valence-electron chi connectivity index (χ4n) is 8.45. The Morgan fingerprint density at radius 1 is 1.14 bits per heavy atom. The molecule has 1 unspecified atom stereocenters. The van der Waals surface area contributed by atoms with Crippen LogP contribution in [0.25, 0.3) is 11.0 Å². The van der Waals surface area contributed by atoms with Gasteiger partial charge >= 0.3 is 5.91 Å². The number of Topliss-reactive ketones (excluding diaryl/α,β-unsaturated/α-hetero) is 1. The lowest BCUT2D eigenvalue weighted by Gasteiger charge is -2.53. The number of hydrogen-bond acceptors (Lipinski definition) is 8. The maximum atomic E-state index is 14.3. The summed E-state index contributed by atoms with van der Waals surface area (Å²) in [5.74, 6) is -0.815. The molecule has 2 aliphatic carbocycles. The van der Waals surface area contributed by atoms with Gasteiger partial charge in [-0.15, -0.1) is 4.28 Å². The largest absolute Gasteiger partial charge is 0.451 e. The highest BCUT2D eigenvalue weighted by Gasteiger charge is 2.66. The van der Waals surface area contributed by atoms with Crippen molar-refractivity contribution in [2.75, 3.05) is 18.8 Å². The van der Waals surface area contributed by atoms with E-state index < -0.39 is 38.6 Å². The van der Waals surface area contributed by atoms with E-state index >= 15 is 0 Å². The molecule has 2 saturated carbocycles. The summed E-state index contributed by atoms with van der Waals surface area (Å²) in [6.07, 6.45) is 7.54. The van der Waals surface area contributed by atoms with Gasteiger partial charge in [-0.3, -0.25) is 19.5 Å². The summed E-state index contributed by atoms with van der Waals surface area (Å²) in [6, 6.07) is 12.1. The second kappa shape index (κ2) is 9.99. The number of pyridine rings is 1. The Morgan fingerprint density at radius 3 is 2.60 bits per heavy atom. The summed E-state index contributed by atoms with van der Waals surface area (Å²) < 4.78 is 39.9. The van der Waals surface area contributed by atoms with Crippen molar-refractivity contribution in [1.29, 1.82) is 0 Å². The minimum atomic E-state index is -4.35. The summed E-state index contributed by atoms with van der Waals surface area (Å²) in [4.78, 5) is 34.1. The van der Waals surface area contributed by atoms with Crippen molar-refractivity contribution in [2.24, 2.45) is 22.7 Å². The third kappa shape index (κ3) is 4.41. The second-order valence-electron chi connectivity index (χ2n) is 13.2. The number of nitrogens with zero attached hydrogens (tertiary/aromatic N) is 3. The highest BCUT2D eigenvalue weighted by molar-refractivity contribution is 7.86. The number of carbonyl (C=O) groups excluding carboxylic acids is 2. The van der Waals surface area contributed by atoms with Gasteiger partial charge in [0, 0.05) is 30.2 Å². The van der Waals surface area contributed by atoms with Crippen LogP contribution in [-0.2, 0) is 25.6 Å². The minimum absolute atomic E-state index is 0.0108. The zero-order chi connectivity index (χ0) is 29.3. The van der Waals surface area contributed by atoms with Crippen LogP contribution in [0.5, 0.6) is 0 Å². The average molecular weight is 592 g/mol. The maximum Gasteiger partial charge on any atom is 0.314 e. The van der Waals surface area contributed by atoms with Gasteiger partial charge in [0.25, 0.3) is 10.1 Å². The van der Waals surface area contributed by atoms with Crippen LogP contribution >= 0.6 is 0 Å². The first-order valence-corrected chi connectivity index (χ1v) is 16.6. The molecule has 3 aromatic rings. The minimum Gasteiger partial charge on any atom is -0.451 e. The van der Waals surface area contributed by atoms with Crippen LogP contribution in [0.4, 0.5) is 0 Å². The Hall–Kier alpha value is -3.08. The molecule has 0 N–H and O–H groups in total. The zero-order valence-corrected chi connectivity index (χ0v) is 24.9. The molecule has 3 aliphatic heterocycles. The fraction of sp³-hybridized carbons (Fsp3) is 0.531. The van der Waals surface area contributed by atoms with Crippen LogP contribution in [0.15, 0.2) is 59.3 Å². The van der Waals surface area contributed by atoms with E-state index in [1.54, 1.807) is 18.3 Å². The third-order valence-corrected chi connectivity index (χ3v) is 12.2. The summed E-state index contributed by atoms with van der Waals surface area (Å²) in [6.45, 7) is 5.75. The molecule has 10 heteroatoms. The first-order chi connectivity index (χ1) is 20.1. The predicted molar refractivity (Wildman–Crippen MR) is 156 cm³/mol. The van der Waals surface area contributed by atoms with Crippen LogP contribution < -0.4 is 0 Å². The summed E-state index contributed by atoms with van der Waals surface area (Å²) in [7, 11) is -4.35. The second-order valence-corrected chi connectivity index (χ2v) is 14.8. The quantitative estimate of drug-likeness (QED) is 0.349. The maximum absolute atomic E-state index is 14.3. The van der Waals surface area contributed by atoms with Gasteiger partial charge in [-0.2, -0.15) is 13.5 Å². The SMILES string of the molecule is CC1(C)C2CC[C@]1(CS(=O)(=O)ON(C(=O)c1cc3ccccc3o1)[C@@H]1C3CCN(CC3)[C@H]1Cc1cccnc1)C(=O)C2. The van der Waals surface area contributed by atoms with E-state index in [2.05, 4.69) is 9.88 Å². The Balaban J connectivity index is 1.27. The van der Waals surface area contributed by atoms with Crippen LogP contribution in [0.2, 0.25) is 0 Å². The molecule has 1 amide bonds. The van der Waals surface area contributed by atoms with Gasteiger partial charge in [-0.05, 0) is 86.2 Å². The molecule has 5 aliphatic rings. The number of rotatable bonds is 8. The molecule has 222 valence electrons. The lowest BCUT2D eigenvalue weighted by Crippen LogP contribution is -2.65. The number of carbonyl (C=O) groups is 2. The van der Waals surface area contributed by atoms with Gasteiger partial charge in [0.15, 0.2) is 5.76 Å². The highest BCUT2D eigenvalue weighted by Crippen LogP contribution is 2.64. The molecule has 42 heavy (non-hydrogen) atoms. The number of hydrogen-bond donors (Lipinski definition) is 0. The number of amides is 1. The summed E-state index contributed by atoms with van der Waals surface area (Å²) in [5, 5.41) is 1.85. The van der Waals surface area contributed by atoms with E-state index in [1.807, 2.05) is 50.4 Å². The Kier molecular flexibility index (Phi) is 6.60. The van der Waals surface area contributed by atoms with Crippen molar-refractivity contribution in [3.05, 3.63) is 66.2 Å². The van der Waals surface area contributed by atoms with Crippen LogP contribution in [0.1, 0.15) is 62.1 Å². The number of ketones is 1. The van der Waals surface area contributed by atoms with E-state index in [0.717, 1.165) is 48.4 Å². The fourth-order valence-corrected chi connectivity index (χ4v) is 10.2. The highest BCUT2D eigenvalue weighted by atomic mass is 32.2. The molecule has 5 fully saturated rings. The molecular formula is C32H37N3O6S. The molecule has 0 radical (unpaired) electrons. The smallest absolute Gasteiger partial charge is 0.314 e. The average Bonchev–Trinajstić information content (AvgIpc) is 3.57. The van der Waals surface area contributed by atoms with E-state index in [1.165, 1.54) is 0 Å². The first kappa shape index (κ1) is 27.7. The molecule has 5 heterocycles. The predicted octanol–water partition coefficient (Wildman–Crippen LogP) is 4.63. The lowest BCUT2D eigenvalue weighted by atomic mass is 9.70. The normalized spacial score (nSPS) is 31.6. The van der Waals surface area contributed by atoms with Crippen LogP contribution in [0, 0.1) is 22.7 Å². The van der Waals surface area contributed by atoms with Crippen molar-refractivity contribution < 1.29 is 26.7 Å². The van der Waals surface area contributed by atoms with E-state index in [0.29, 0.717) is 24.8 Å². The molecule has 0 spiro atoms. The molecule has 1 aromatic carbocycles. The lowest BCUT2D eigenvalue weighted by molar-refractivity contribution is -0.135. The Morgan fingerprint density at radius 2 is 1.93 bits per heavy atom. The number of piperidine rings is 3. The van der Waals surface area contributed by atoms with Crippen molar-refractivity contribution in [2.45, 2.75) is 64.5 Å². The number of para-hydroxylation sites is 1. The van der Waals surface area contributed by atoms with Crippen molar-refractivity contribution in [3.8, 4) is 0 Å². The Bertz CT molecular complexity index is 1590.